The molecule has 4 aromatic rings. The summed E-state index contributed by atoms with van der Waals surface area (Å²) in [6.07, 6.45) is 2.37. The average molecular weight is 441 g/mol. The molecule has 0 N–H and O–H groups in total. The fourth-order valence-electron chi connectivity index (χ4n) is 3.82. The minimum atomic E-state index is -0.811. The molecule has 7 nitrogen and oxygen atoms in total. The van der Waals surface area contributed by atoms with E-state index in [2.05, 4.69) is 4.98 Å². The zero-order valence-electron chi connectivity index (χ0n) is 18.1. The molecule has 166 valence electrons. The minimum absolute atomic E-state index is 0.114. The molecule has 2 aromatic heterocycles. The molecule has 1 unspecified atom stereocenters. The van der Waals surface area contributed by atoms with Crippen LogP contribution in [0.25, 0.3) is 5.65 Å². The molecule has 1 atom stereocenters. The highest BCUT2D eigenvalue weighted by Crippen LogP contribution is 2.24. The van der Waals surface area contributed by atoms with Gasteiger partial charge >= 0.3 is 5.97 Å². The van der Waals surface area contributed by atoms with Crippen LogP contribution in [0.2, 0.25) is 0 Å². The Hall–Kier alpha value is -4.26. The van der Waals surface area contributed by atoms with E-state index in [1.807, 2.05) is 60.7 Å². The van der Waals surface area contributed by atoms with Crippen molar-refractivity contribution in [3.8, 4) is 0 Å². The number of ether oxygens (including phenoxy) is 1. The fourth-order valence-corrected chi connectivity index (χ4v) is 3.82. The van der Waals surface area contributed by atoms with E-state index in [1.165, 1.54) is 11.5 Å². The lowest BCUT2D eigenvalue weighted by molar-refractivity contribution is -0.142. The number of aldehydes is 1. The number of fused-ring (bicyclic) bond motifs is 1. The van der Waals surface area contributed by atoms with Gasteiger partial charge in [-0.15, -0.1) is 0 Å². The normalized spacial score (nSPS) is 11.7. The maximum atomic E-state index is 13.1. The minimum Gasteiger partial charge on any atom is -0.467 e. The van der Waals surface area contributed by atoms with E-state index in [4.69, 9.17) is 4.74 Å². The second kappa shape index (κ2) is 9.91. The molecule has 0 aliphatic heterocycles. The number of aromatic nitrogens is 2. The smallest absolute Gasteiger partial charge is 0.328 e. The summed E-state index contributed by atoms with van der Waals surface area (Å²) in [6, 6.07) is 23.3. The molecule has 7 heteroatoms. The predicted molar refractivity (Wildman–Crippen MR) is 125 cm³/mol. The van der Waals surface area contributed by atoms with Crippen LogP contribution in [0.15, 0.2) is 89.9 Å². The van der Waals surface area contributed by atoms with Gasteiger partial charge in [-0.3, -0.25) is 14.0 Å². The Morgan fingerprint density at radius 2 is 1.64 bits per heavy atom. The molecule has 0 aliphatic rings. The standard InChI is InChI=1S/C26H23N3O4/c1-33-26(32)22(16-19-10-4-2-5-11-19)29(17-20-12-6-3-7-13-20)24-21(18-30)25(31)28-15-9-8-14-23(28)27-24/h2-15,18,22H,16-17H2,1H3. The van der Waals surface area contributed by atoms with Crippen LogP contribution in [-0.4, -0.2) is 34.8 Å². The number of benzene rings is 2. The SMILES string of the molecule is COC(=O)C(Cc1ccccc1)N(Cc1ccccc1)c1nc2ccccn2c(=O)c1C=O. The number of rotatable bonds is 8. The zero-order chi connectivity index (χ0) is 23.2. The highest BCUT2D eigenvalue weighted by molar-refractivity contribution is 5.87. The molecule has 0 saturated heterocycles. The monoisotopic (exact) mass is 441 g/mol. The van der Waals surface area contributed by atoms with Gasteiger partial charge in [-0.25, -0.2) is 9.78 Å². The highest BCUT2D eigenvalue weighted by Gasteiger charge is 2.31. The van der Waals surface area contributed by atoms with Gasteiger partial charge in [0, 0.05) is 19.2 Å². The molecule has 0 amide bonds. The maximum Gasteiger partial charge on any atom is 0.328 e. The van der Waals surface area contributed by atoms with E-state index in [0.717, 1.165) is 11.1 Å². The third-order valence-electron chi connectivity index (χ3n) is 5.46. The van der Waals surface area contributed by atoms with Gasteiger partial charge in [-0.1, -0.05) is 66.7 Å². The summed E-state index contributed by atoms with van der Waals surface area (Å²) in [7, 11) is 1.32. The highest BCUT2D eigenvalue weighted by atomic mass is 16.5. The molecule has 33 heavy (non-hydrogen) atoms. The Morgan fingerprint density at radius 3 is 2.27 bits per heavy atom. The summed E-state index contributed by atoms with van der Waals surface area (Å²) in [5, 5.41) is 0. The summed E-state index contributed by atoms with van der Waals surface area (Å²) >= 11 is 0. The Balaban J connectivity index is 1.91. The molecule has 0 aliphatic carbocycles. The molecule has 2 heterocycles. The van der Waals surface area contributed by atoms with Crippen molar-refractivity contribution in [1.29, 1.82) is 0 Å². The van der Waals surface area contributed by atoms with E-state index in [0.29, 0.717) is 18.4 Å². The van der Waals surface area contributed by atoms with Gasteiger partial charge in [-0.05, 0) is 23.3 Å². The van der Waals surface area contributed by atoms with Gasteiger partial charge < -0.3 is 9.64 Å². The van der Waals surface area contributed by atoms with Crippen molar-refractivity contribution in [2.24, 2.45) is 0 Å². The van der Waals surface area contributed by atoms with Crippen LogP contribution in [0.5, 0.6) is 0 Å². The molecular formula is C26H23N3O4. The van der Waals surface area contributed by atoms with Crippen LogP contribution in [0.1, 0.15) is 21.5 Å². The van der Waals surface area contributed by atoms with Gasteiger partial charge in [0.1, 0.15) is 23.1 Å². The van der Waals surface area contributed by atoms with E-state index >= 15 is 0 Å². The third-order valence-corrected chi connectivity index (χ3v) is 5.46. The van der Waals surface area contributed by atoms with Crippen LogP contribution in [0.4, 0.5) is 5.82 Å². The Bertz CT molecular complexity index is 1320. The average Bonchev–Trinajstić information content (AvgIpc) is 2.87. The summed E-state index contributed by atoms with van der Waals surface area (Å²) in [6.45, 7) is 0.254. The fraction of sp³-hybridized carbons (Fsp3) is 0.154. The molecule has 0 radical (unpaired) electrons. The Labute approximate surface area is 190 Å². The maximum absolute atomic E-state index is 13.1. The number of esters is 1. The first kappa shape index (κ1) is 22.0. The topological polar surface area (TPSA) is 81.0 Å². The summed E-state index contributed by atoms with van der Waals surface area (Å²) in [5.74, 6) is -0.335. The molecular weight excluding hydrogens is 418 g/mol. The number of hydrogen-bond acceptors (Lipinski definition) is 6. The van der Waals surface area contributed by atoms with Crippen LogP contribution >= 0.6 is 0 Å². The number of carbonyl (C=O) groups excluding carboxylic acids is 2. The predicted octanol–water partition coefficient (Wildman–Crippen LogP) is 3.30. The molecule has 0 bridgehead atoms. The third kappa shape index (κ3) is 4.67. The van der Waals surface area contributed by atoms with Gasteiger partial charge in [-0.2, -0.15) is 0 Å². The molecule has 0 fully saturated rings. The quantitative estimate of drug-likeness (QED) is 0.308. The first-order valence-corrected chi connectivity index (χ1v) is 10.5. The lowest BCUT2D eigenvalue weighted by Gasteiger charge is -2.32. The van der Waals surface area contributed by atoms with Crippen molar-refractivity contribution >= 4 is 23.7 Å². The van der Waals surface area contributed by atoms with Crippen LogP contribution in [0.3, 0.4) is 0 Å². The summed E-state index contributed by atoms with van der Waals surface area (Å²) < 4.78 is 6.45. The zero-order valence-corrected chi connectivity index (χ0v) is 18.1. The van der Waals surface area contributed by atoms with Crippen LogP contribution in [-0.2, 0) is 22.5 Å². The number of nitrogens with zero attached hydrogens (tertiary/aromatic N) is 3. The van der Waals surface area contributed by atoms with Crippen molar-refractivity contribution in [2.75, 3.05) is 12.0 Å². The molecule has 4 rings (SSSR count). The lowest BCUT2D eigenvalue weighted by atomic mass is 10.0. The van der Waals surface area contributed by atoms with Gasteiger partial charge in [0.05, 0.1) is 7.11 Å². The van der Waals surface area contributed by atoms with E-state index < -0.39 is 17.6 Å². The number of pyridine rings is 1. The van der Waals surface area contributed by atoms with Crippen LogP contribution in [0, 0.1) is 0 Å². The van der Waals surface area contributed by atoms with Crippen molar-refractivity contribution in [3.05, 3.63) is 112 Å². The largest absolute Gasteiger partial charge is 0.467 e. The van der Waals surface area contributed by atoms with Crippen molar-refractivity contribution < 1.29 is 14.3 Å². The number of hydrogen-bond donors (Lipinski definition) is 0. The van der Waals surface area contributed by atoms with E-state index in [9.17, 15) is 14.4 Å². The van der Waals surface area contributed by atoms with Gasteiger partial charge in [0.15, 0.2) is 6.29 Å². The summed E-state index contributed by atoms with van der Waals surface area (Å²) in [5.41, 5.74) is 1.58. The molecule has 0 saturated carbocycles. The second-order valence-corrected chi connectivity index (χ2v) is 7.54. The lowest BCUT2D eigenvalue weighted by Crippen LogP contribution is -2.45. The van der Waals surface area contributed by atoms with Crippen LogP contribution < -0.4 is 10.5 Å². The first-order chi connectivity index (χ1) is 16.1. The number of methoxy groups -OCH3 is 1. The van der Waals surface area contributed by atoms with Crippen molar-refractivity contribution in [3.63, 3.8) is 0 Å². The molecule has 2 aromatic carbocycles. The van der Waals surface area contributed by atoms with Gasteiger partial charge in [0.25, 0.3) is 5.56 Å². The number of anilines is 1. The number of carbonyl (C=O) groups is 2. The first-order valence-electron chi connectivity index (χ1n) is 10.5. The Kier molecular flexibility index (Phi) is 6.59. The van der Waals surface area contributed by atoms with E-state index in [-0.39, 0.29) is 17.9 Å². The van der Waals surface area contributed by atoms with Gasteiger partial charge in [0.2, 0.25) is 0 Å². The van der Waals surface area contributed by atoms with Crippen molar-refractivity contribution in [2.45, 2.75) is 19.0 Å². The van der Waals surface area contributed by atoms with Crippen molar-refractivity contribution in [1.82, 2.24) is 9.38 Å². The summed E-state index contributed by atoms with van der Waals surface area (Å²) in [4.78, 5) is 44.5. The molecule has 0 spiro atoms. The van der Waals surface area contributed by atoms with E-state index in [1.54, 1.807) is 29.3 Å². The second-order valence-electron chi connectivity index (χ2n) is 7.54. The Morgan fingerprint density at radius 1 is 1.00 bits per heavy atom.